The first-order chi connectivity index (χ1) is 8.97. The van der Waals surface area contributed by atoms with Gasteiger partial charge < -0.3 is 9.15 Å². The van der Waals surface area contributed by atoms with E-state index in [9.17, 15) is 9.59 Å². The zero-order valence-corrected chi connectivity index (χ0v) is 10.9. The van der Waals surface area contributed by atoms with Crippen LogP contribution in [-0.4, -0.2) is 17.9 Å². The van der Waals surface area contributed by atoms with E-state index in [2.05, 4.69) is 6.58 Å². The van der Waals surface area contributed by atoms with Crippen LogP contribution in [0.2, 0.25) is 0 Å². The van der Waals surface area contributed by atoms with E-state index in [1.807, 2.05) is 6.92 Å². The number of esters is 1. The van der Waals surface area contributed by atoms with Gasteiger partial charge in [-0.3, -0.25) is 4.79 Å². The van der Waals surface area contributed by atoms with Gasteiger partial charge in [0.1, 0.15) is 17.3 Å². The molecule has 4 nitrogen and oxygen atoms in total. The highest BCUT2D eigenvalue weighted by atomic mass is 16.5. The number of carbonyl (C=O) groups is 2. The van der Waals surface area contributed by atoms with Crippen LogP contribution in [0, 0.1) is 0 Å². The molecule has 0 N–H and O–H groups in total. The molecule has 0 amide bonds. The molecule has 19 heavy (non-hydrogen) atoms. The van der Waals surface area contributed by atoms with Crippen molar-refractivity contribution in [2.24, 2.45) is 0 Å². The van der Waals surface area contributed by atoms with E-state index in [0.717, 1.165) is 16.7 Å². The Morgan fingerprint density at radius 2 is 2.32 bits per heavy atom. The molecule has 1 aliphatic rings. The Hall–Kier alpha value is -2.10. The average Bonchev–Trinajstić information content (AvgIpc) is 2.93. The Morgan fingerprint density at radius 3 is 3.00 bits per heavy atom. The van der Waals surface area contributed by atoms with Crippen LogP contribution in [0.15, 0.2) is 22.6 Å². The molecule has 1 atom stereocenters. The van der Waals surface area contributed by atoms with Gasteiger partial charge in [-0.25, -0.2) is 4.79 Å². The Labute approximate surface area is 110 Å². The van der Waals surface area contributed by atoms with Gasteiger partial charge in [0.05, 0.1) is 5.56 Å². The van der Waals surface area contributed by atoms with Gasteiger partial charge in [-0.2, -0.15) is 0 Å². The number of hydrogen-bond donors (Lipinski definition) is 0. The van der Waals surface area contributed by atoms with Gasteiger partial charge in [-0.05, 0) is 19.9 Å². The molecule has 0 saturated carbocycles. The maximum absolute atomic E-state index is 11.7. The topological polar surface area (TPSA) is 56.5 Å². The van der Waals surface area contributed by atoms with Crippen LogP contribution in [0.25, 0.3) is 11.2 Å². The van der Waals surface area contributed by atoms with Crippen LogP contribution in [0.1, 0.15) is 35.3 Å². The second-order valence-corrected chi connectivity index (χ2v) is 5.11. The summed E-state index contributed by atoms with van der Waals surface area (Å²) in [5.41, 5.74) is 4.49. The Balaban J connectivity index is 1.79. The van der Waals surface area contributed by atoms with Crippen LogP contribution in [0.3, 0.4) is 0 Å². The SMILES string of the molecule is C=C(C)C(=O)OC(C)Cc1c2c3oc1cc3C(=O)C2. The summed E-state index contributed by atoms with van der Waals surface area (Å²) >= 11 is 0. The maximum atomic E-state index is 11.7. The minimum atomic E-state index is -0.390. The predicted molar refractivity (Wildman–Crippen MR) is 69.5 cm³/mol. The number of ketones is 1. The Morgan fingerprint density at radius 1 is 1.58 bits per heavy atom. The minimum Gasteiger partial charge on any atom is -0.459 e. The Kier molecular flexibility index (Phi) is 2.49. The first kappa shape index (κ1) is 12.0. The summed E-state index contributed by atoms with van der Waals surface area (Å²) in [6.45, 7) is 7.00. The maximum Gasteiger partial charge on any atom is 0.333 e. The summed E-state index contributed by atoms with van der Waals surface area (Å²) in [4.78, 5) is 23.1. The van der Waals surface area contributed by atoms with Crippen molar-refractivity contribution in [2.45, 2.75) is 32.8 Å². The molecule has 3 rings (SSSR count). The van der Waals surface area contributed by atoms with E-state index in [-0.39, 0.29) is 11.9 Å². The number of Topliss-reactive ketones (excluding diaryl/α,β-unsaturated/α-hetero) is 1. The number of rotatable bonds is 4. The summed E-state index contributed by atoms with van der Waals surface area (Å²) in [6.07, 6.45) is 0.695. The molecule has 1 unspecified atom stereocenters. The van der Waals surface area contributed by atoms with Crippen molar-refractivity contribution in [1.29, 1.82) is 0 Å². The van der Waals surface area contributed by atoms with Crippen LogP contribution in [0.4, 0.5) is 0 Å². The molecule has 0 spiro atoms. The third-order valence-electron chi connectivity index (χ3n) is 3.45. The molecule has 2 aromatic rings. The number of furan rings is 2. The van der Waals surface area contributed by atoms with Gasteiger partial charge in [-0.15, -0.1) is 0 Å². The standard InChI is InChI=1S/C15H14O4/c1-7(2)15(17)18-8(3)4-9-10-5-12(16)11-6-13(9)19-14(10)11/h6,8H,1,4-5H2,2-3H3. The fraction of sp³-hybridized carbons (Fsp3) is 0.333. The molecular weight excluding hydrogens is 244 g/mol. The number of benzene rings is 1. The zero-order chi connectivity index (χ0) is 13.7. The molecule has 2 heterocycles. The number of hydrogen-bond acceptors (Lipinski definition) is 4. The molecule has 0 radical (unpaired) electrons. The van der Waals surface area contributed by atoms with E-state index < -0.39 is 5.97 Å². The lowest BCUT2D eigenvalue weighted by Crippen LogP contribution is -2.18. The van der Waals surface area contributed by atoms with Gasteiger partial charge in [-0.1, -0.05) is 6.58 Å². The molecule has 2 bridgehead atoms. The summed E-state index contributed by atoms with van der Waals surface area (Å²) in [5, 5.41) is 0. The second kappa shape index (κ2) is 3.95. The molecule has 1 aliphatic carbocycles. The number of fused-ring (bicyclic) bond motifs is 1. The molecule has 2 aromatic heterocycles. The van der Waals surface area contributed by atoms with Crippen molar-refractivity contribution in [3.63, 3.8) is 0 Å². The van der Waals surface area contributed by atoms with Crippen LogP contribution in [0.5, 0.6) is 0 Å². The van der Waals surface area contributed by atoms with Gasteiger partial charge in [0, 0.05) is 29.5 Å². The Bertz CT molecular complexity index is 692. The largest absolute Gasteiger partial charge is 0.459 e. The highest BCUT2D eigenvalue weighted by molar-refractivity contribution is 6.12. The van der Waals surface area contributed by atoms with Gasteiger partial charge in [0.2, 0.25) is 0 Å². The molecule has 4 heteroatoms. The van der Waals surface area contributed by atoms with E-state index in [4.69, 9.17) is 9.15 Å². The normalized spacial score (nSPS) is 15.2. The van der Waals surface area contributed by atoms with E-state index >= 15 is 0 Å². The first-order valence-electron chi connectivity index (χ1n) is 6.23. The smallest absolute Gasteiger partial charge is 0.333 e. The summed E-state index contributed by atoms with van der Waals surface area (Å²) in [6, 6.07) is 1.79. The van der Waals surface area contributed by atoms with Gasteiger partial charge in [0.25, 0.3) is 0 Å². The van der Waals surface area contributed by atoms with Gasteiger partial charge >= 0.3 is 5.97 Å². The lowest BCUT2D eigenvalue weighted by molar-refractivity contribution is -0.143. The molecule has 0 saturated heterocycles. The van der Waals surface area contributed by atoms with E-state index in [0.29, 0.717) is 29.6 Å². The van der Waals surface area contributed by atoms with Crippen LogP contribution in [-0.2, 0) is 22.4 Å². The minimum absolute atomic E-state index is 0.113. The average molecular weight is 258 g/mol. The predicted octanol–water partition coefficient (Wildman–Crippen LogP) is 2.66. The molecular formula is C15H14O4. The molecule has 0 fully saturated rings. The summed E-state index contributed by atoms with van der Waals surface area (Å²) in [7, 11) is 0. The highest BCUT2D eigenvalue weighted by Gasteiger charge is 2.32. The lowest BCUT2D eigenvalue weighted by atomic mass is 10.0. The number of carbonyl (C=O) groups excluding carboxylic acids is 2. The molecule has 0 aliphatic heterocycles. The van der Waals surface area contributed by atoms with Crippen LogP contribution >= 0.6 is 0 Å². The fourth-order valence-corrected chi connectivity index (χ4v) is 2.54. The van der Waals surface area contributed by atoms with Crippen molar-refractivity contribution >= 4 is 22.9 Å². The van der Waals surface area contributed by atoms with Crippen molar-refractivity contribution < 1.29 is 18.7 Å². The van der Waals surface area contributed by atoms with E-state index in [1.54, 1.807) is 13.0 Å². The van der Waals surface area contributed by atoms with Gasteiger partial charge in [0.15, 0.2) is 5.78 Å². The third kappa shape index (κ3) is 1.75. The van der Waals surface area contributed by atoms with Crippen LogP contribution < -0.4 is 0 Å². The lowest BCUT2D eigenvalue weighted by Gasteiger charge is -2.13. The van der Waals surface area contributed by atoms with Crippen molar-refractivity contribution in [1.82, 2.24) is 0 Å². The number of ether oxygens (including phenoxy) is 1. The van der Waals surface area contributed by atoms with Crippen molar-refractivity contribution in [3.8, 4) is 0 Å². The zero-order valence-electron chi connectivity index (χ0n) is 10.9. The summed E-state index contributed by atoms with van der Waals surface area (Å²) in [5.74, 6) is -0.278. The third-order valence-corrected chi connectivity index (χ3v) is 3.45. The highest BCUT2D eigenvalue weighted by Crippen LogP contribution is 2.39. The quantitative estimate of drug-likeness (QED) is 0.625. The molecule has 98 valence electrons. The van der Waals surface area contributed by atoms with Crippen molar-refractivity contribution in [3.05, 3.63) is 34.9 Å². The fourth-order valence-electron chi connectivity index (χ4n) is 2.54. The molecule has 0 aromatic carbocycles. The van der Waals surface area contributed by atoms with E-state index in [1.165, 1.54) is 0 Å². The van der Waals surface area contributed by atoms with Crippen molar-refractivity contribution in [2.75, 3.05) is 0 Å². The summed E-state index contributed by atoms with van der Waals surface area (Å²) < 4.78 is 10.8. The monoisotopic (exact) mass is 258 g/mol. The second-order valence-electron chi connectivity index (χ2n) is 5.11. The first-order valence-corrected chi connectivity index (χ1v) is 6.23.